The van der Waals surface area contributed by atoms with Crippen LogP contribution in [-0.2, 0) is 15.8 Å². The van der Waals surface area contributed by atoms with Crippen molar-refractivity contribution in [2.24, 2.45) is 5.92 Å². The second-order valence-electron chi connectivity index (χ2n) is 5.89. The first-order chi connectivity index (χ1) is 12.7. The molecule has 0 saturated carbocycles. The van der Waals surface area contributed by atoms with Crippen molar-refractivity contribution in [1.29, 1.82) is 0 Å². The molecule has 0 saturated heterocycles. The lowest BCUT2D eigenvalue weighted by molar-refractivity contribution is -0.142. The van der Waals surface area contributed by atoms with Crippen molar-refractivity contribution in [3.63, 3.8) is 0 Å². The van der Waals surface area contributed by atoms with E-state index in [1.54, 1.807) is 30.3 Å². The van der Waals surface area contributed by atoms with E-state index in [4.69, 9.17) is 4.74 Å². The zero-order valence-corrected chi connectivity index (χ0v) is 14.4. The average Bonchev–Trinajstić information content (AvgIpc) is 2.64. The van der Waals surface area contributed by atoms with Gasteiger partial charge in [-0.25, -0.2) is 0 Å². The van der Waals surface area contributed by atoms with Gasteiger partial charge in [-0.1, -0.05) is 30.3 Å². The molecule has 27 heavy (non-hydrogen) atoms. The number of carboxylic acids is 1. The van der Waals surface area contributed by atoms with E-state index in [0.717, 1.165) is 24.3 Å². The molecular weight excluding hydrogens is 363 g/mol. The molecule has 0 radical (unpaired) electrons. The molecule has 8 heteroatoms. The highest BCUT2D eigenvalue weighted by atomic mass is 19.4. The lowest BCUT2D eigenvalue weighted by atomic mass is 9.94. The Morgan fingerprint density at radius 3 is 2.19 bits per heavy atom. The van der Waals surface area contributed by atoms with Crippen LogP contribution in [0, 0.1) is 5.92 Å². The topological polar surface area (TPSA) is 75.6 Å². The Morgan fingerprint density at radius 1 is 1.07 bits per heavy atom. The number of ether oxygens (including phenoxy) is 1. The Kier molecular flexibility index (Phi) is 6.44. The minimum absolute atomic E-state index is 0.0979. The molecule has 2 rings (SSSR count). The minimum atomic E-state index is -4.45. The van der Waals surface area contributed by atoms with Crippen LogP contribution in [0.4, 0.5) is 13.2 Å². The molecule has 1 amide bonds. The molecule has 5 nitrogen and oxygen atoms in total. The van der Waals surface area contributed by atoms with Crippen LogP contribution >= 0.6 is 0 Å². The molecule has 0 fully saturated rings. The van der Waals surface area contributed by atoms with Crippen LogP contribution in [0.15, 0.2) is 54.6 Å². The molecule has 144 valence electrons. The lowest BCUT2D eigenvalue weighted by Gasteiger charge is -2.23. The first-order valence-electron chi connectivity index (χ1n) is 8.05. The number of benzene rings is 2. The van der Waals surface area contributed by atoms with E-state index in [-0.39, 0.29) is 5.75 Å². The van der Waals surface area contributed by atoms with Crippen LogP contribution < -0.4 is 10.1 Å². The van der Waals surface area contributed by atoms with Crippen molar-refractivity contribution in [1.82, 2.24) is 5.32 Å². The van der Waals surface area contributed by atoms with Crippen molar-refractivity contribution < 1.29 is 32.6 Å². The summed E-state index contributed by atoms with van der Waals surface area (Å²) in [6.45, 7) is 1.01. The van der Waals surface area contributed by atoms with Gasteiger partial charge in [-0.2, -0.15) is 13.2 Å². The molecule has 2 aromatic rings. The van der Waals surface area contributed by atoms with Crippen molar-refractivity contribution >= 4 is 11.9 Å². The number of halogens is 3. The normalized spacial score (nSPS) is 13.5. The number of amides is 1. The van der Waals surface area contributed by atoms with Gasteiger partial charge in [-0.15, -0.1) is 0 Å². The molecule has 2 unspecified atom stereocenters. The molecule has 0 bridgehead atoms. The van der Waals surface area contributed by atoms with Gasteiger partial charge in [0.2, 0.25) is 0 Å². The summed E-state index contributed by atoms with van der Waals surface area (Å²) in [5.74, 6) is -2.45. The van der Waals surface area contributed by atoms with Crippen LogP contribution in [0.2, 0.25) is 0 Å². The number of hydrogen-bond acceptors (Lipinski definition) is 3. The highest BCUT2D eigenvalue weighted by molar-refractivity contribution is 5.79. The first-order valence-corrected chi connectivity index (χ1v) is 8.05. The van der Waals surface area contributed by atoms with E-state index < -0.39 is 42.2 Å². The third-order valence-electron chi connectivity index (χ3n) is 3.92. The lowest BCUT2D eigenvalue weighted by Crippen LogP contribution is -2.38. The maximum atomic E-state index is 12.5. The fourth-order valence-electron chi connectivity index (χ4n) is 2.40. The number of nitrogens with one attached hydrogen (secondary N) is 1. The van der Waals surface area contributed by atoms with Gasteiger partial charge in [-0.05, 0) is 36.8 Å². The van der Waals surface area contributed by atoms with E-state index in [2.05, 4.69) is 5.32 Å². The Bertz CT molecular complexity index is 776. The molecule has 2 N–H and O–H groups in total. The minimum Gasteiger partial charge on any atom is -0.484 e. The van der Waals surface area contributed by atoms with E-state index in [0.29, 0.717) is 5.56 Å². The number of hydrogen-bond donors (Lipinski definition) is 2. The summed E-state index contributed by atoms with van der Waals surface area (Å²) in [6, 6.07) is 11.8. The van der Waals surface area contributed by atoms with Gasteiger partial charge < -0.3 is 15.2 Å². The summed E-state index contributed by atoms with van der Waals surface area (Å²) in [5.41, 5.74) is -0.200. The predicted molar refractivity (Wildman–Crippen MR) is 91.1 cm³/mol. The zero-order valence-electron chi connectivity index (χ0n) is 14.4. The van der Waals surface area contributed by atoms with Crippen LogP contribution in [0.5, 0.6) is 5.75 Å². The molecule has 0 aromatic heterocycles. The smallest absolute Gasteiger partial charge is 0.416 e. The van der Waals surface area contributed by atoms with Crippen molar-refractivity contribution in [2.75, 3.05) is 6.61 Å². The predicted octanol–water partition coefficient (Wildman–Crippen LogP) is 3.66. The van der Waals surface area contributed by atoms with Crippen molar-refractivity contribution in [2.45, 2.75) is 19.1 Å². The second-order valence-corrected chi connectivity index (χ2v) is 5.89. The monoisotopic (exact) mass is 381 g/mol. The van der Waals surface area contributed by atoms with Crippen molar-refractivity contribution in [3.05, 3.63) is 65.7 Å². The highest BCUT2D eigenvalue weighted by Crippen LogP contribution is 2.30. The number of aliphatic carboxylic acids is 1. The SMILES string of the molecule is CC(C(=O)O)C(NC(=O)COc1ccc(C(F)(F)F)cc1)c1ccccc1. The van der Waals surface area contributed by atoms with Gasteiger partial charge in [0, 0.05) is 0 Å². The Labute approximate surface area is 153 Å². The molecule has 0 spiro atoms. The zero-order chi connectivity index (χ0) is 20.0. The van der Waals surface area contributed by atoms with Crippen LogP contribution in [-0.4, -0.2) is 23.6 Å². The number of carbonyl (C=O) groups is 2. The van der Waals surface area contributed by atoms with Gasteiger partial charge in [0.05, 0.1) is 17.5 Å². The van der Waals surface area contributed by atoms with Gasteiger partial charge >= 0.3 is 12.1 Å². The molecule has 2 aromatic carbocycles. The van der Waals surface area contributed by atoms with Gasteiger partial charge in [0.15, 0.2) is 6.61 Å². The van der Waals surface area contributed by atoms with E-state index >= 15 is 0 Å². The maximum absolute atomic E-state index is 12.5. The summed E-state index contributed by atoms with van der Waals surface area (Å²) in [6.07, 6.45) is -4.45. The Balaban J connectivity index is 2.00. The number of carboxylic acid groups (broad SMARTS) is 1. The van der Waals surface area contributed by atoms with E-state index in [9.17, 15) is 27.9 Å². The van der Waals surface area contributed by atoms with Gasteiger partial charge in [0.1, 0.15) is 5.75 Å². The summed E-state index contributed by atoms with van der Waals surface area (Å²) in [5, 5.41) is 11.8. The molecule has 0 aliphatic rings. The molecule has 0 aliphatic carbocycles. The standard InChI is InChI=1S/C19H18F3NO4/c1-12(18(25)26)17(13-5-3-2-4-6-13)23-16(24)11-27-15-9-7-14(8-10-15)19(20,21)22/h2-10,12,17H,11H2,1H3,(H,23,24)(H,25,26). The number of carbonyl (C=O) groups excluding carboxylic acids is 1. The summed E-state index contributed by atoms with van der Waals surface area (Å²) in [7, 11) is 0. The van der Waals surface area contributed by atoms with Crippen LogP contribution in [0.25, 0.3) is 0 Å². The third-order valence-corrected chi connectivity index (χ3v) is 3.92. The van der Waals surface area contributed by atoms with Crippen molar-refractivity contribution in [3.8, 4) is 5.75 Å². The Morgan fingerprint density at radius 2 is 1.67 bits per heavy atom. The summed E-state index contributed by atoms with van der Waals surface area (Å²) >= 11 is 0. The molecule has 2 atom stereocenters. The third kappa shape index (κ3) is 5.73. The van der Waals surface area contributed by atoms with E-state index in [1.807, 2.05) is 0 Å². The molecule has 0 heterocycles. The van der Waals surface area contributed by atoms with Gasteiger partial charge in [-0.3, -0.25) is 9.59 Å². The Hall–Kier alpha value is -3.03. The fraction of sp³-hybridized carbons (Fsp3) is 0.263. The highest BCUT2D eigenvalue weighted by Gasteiger charge is 2.30. The van der Waals surface area contributed by atoms with E-state index in [1.165, 1.54) is 6.92 Å². The first kappa shape index (κ1) is 20.3. The average molecular weight is 381 g/mol. The summed E-state index contributed by atoms with van der Waals surface area (Å²) < 4.78 is 42.8. The quantitative estimate of drug-likeness (QED) is 0.768. The summed E-state index contributed by atoms with van der Waals surface area (Å²) in [4.78, 5) is 23.5. The molecule has 0 aliphatic heterocycles. The fourth-order valence-corrected chi connectivity index (χ4v) is 2.40. The second kappa shape index (κ2) is 8.57. The van der Waals surface area contributed by atoms with Gasteiger partial charge in [0.25, 0.3) is 5.91 Å². The number of alkyl halides is 3. The number of rotatable bonds is 7. The maximum Gasteiger partial charge on any atom is 0.416 e. The molecular formula is C19H18F3NO4. The van der Waals surface area contributed by atoms with Crippen LogP contribution in [0.1, 0.15) is 24.1 Å². The van der Waals surface area contributed by atoms with Crippen LogP contribution in [0.3, 0.4) is 0 Å². The largest absolute Gasteiger partial charge is 0.484 e.